The van der Waals surface area contributed by atoms with E-state index in [1.807, 2.05) is 6.07 Å². The van der Waals surface area contributed by atoms with Crippen molar-refractivity contribution in [1.29, 1.82) is 0 Å². The Bertz CT molecular complexity index is 310. The number of hydrogen-bond donors (Lipinski definition) is 1. The minimum atomic E-state index is 0.321. The quantitative estimate of drug-likeness (QED) is 0.815. The van der Waals surface area contributed by atoms with Gasteiger partial charge in [-0.05, 0) is 25.8 Å². The lowest BCUT2D eigenvalue weighted by atomic mass is 10.2. The number of nitrogens with one attached hydrogen (secondary N) is 1. The molecule has 4 heteroatoms. The van der Waals surface area contributed by atoms with Gasteiger partial charge in [0.25, 0.3) is 0 Å². The Hall–Kier alpha value is -1.16. The van der Waals surface area contributed by atoms with Gasteiger partial charge in [-0.15, -0.1) is 0 Å². The van der Waals surface area contributed by atoms with E-state index in [2.05, 4.69) is 22.2 Å². The molecule has 1 atom stereocenters. The average Bonchev–Trinajstić information content (AvgIpc) is 2.71. The number of aromatic nitrogens is 2. The van der Waals surface area contributed by atoms with Crippen LogP contribution in [0.5, 0.6) is 0 Å². The fourth-order valence-electron chi connectivity index (χ4n) is 1.79. The van der Waals surface area contributed by atoms with Crippen molar-refractivity contribution >= 4 is 5.82 Å². The fraction of sp³-hybridized carbons (Fsp3) is 0.636. The zero-order valence-electron chi connectivity index (χ0n) is 9.07. The van der Waals surface area contributed by atoms with Gasteiger partial charge < -0.3 is 10.1 Å². The molecule has 1 aliphatic heterocycles. The molecule has 15 heavy (non-hydrogen) atoms. The third kappa shape index (κ3) is 2.89. The van der Waals surface area contributed by atoms with Crippen LogP contribution < -0.4 is 5.32 Å². The van der Waals surface area contributed by atoms with Gasteiger partial charge in [0, 0.05) is 25.8 Å². The van der Waals surface area contributed by atoms with E-state index in [4.69, 9.17) is 4.74 Å². The molecule has 82 valence electrons. The number of rotatable bonds is 4. The van der Waals surface area contributed by atoms with E-state index >= 15 is 0 Å². The Morgan fingerprint density at radius 3 is 3.27 bits per heavy atom. The van der Waals surface area contributed by atoms with E-state index in [-0.39, 0.29) is 0 Å². The first-order valence-corrected chi connectivity index (χ1v) is 5.56. The van der Waals surface area contributed by atoms with E-state index in [1.165, 1.54) is 0 Å². The van der Waals surface area contributed by atoms with Crippen LogP contribution in [0.2, 0.25) is 0 Å². The van der Waals surface area contributed by atoms with Crippen molar-refractivity contribution in [1.82, 2.24) is 9.97 Å². The molecule has 1 aromatic heterocycles. The molecular formula is C11H17N3O. The van der Waals surface area contributed by atoms with Crippen LogP contribution in [0.1, 0.15) is 25.6 Å². The van der Waals surface area contributed by atoms with Crippen LogP contribution in [0.4, 0.5) is 5.82 Å². The molecule has 1 aliphatic rings. The van der Waals surface area contributed by atoms with Gasteiger partial charge in [0.05, 0.1) is 6.10 Å². The summed E-state index contributed by atoms with van der Waals surface area (Å²) in [4.78, 5) is 8.68. The molecule has 0 radical (unpaired) electrons. The second kappa shape index (κ2) is 5.07. The van der Waals surface area contributed by atoms with Crippen molar-refractivity contribution in [3.8, 4) is 0 Å². The summed E-state index contributed by atoms with van der Waals surface area (Å²) in [6, 6.07) is 1.89. The standard InChI is InChI=1S/C11H17N3O/c1-2-12-10-5-6-13-11(14-10)8-9-4-3-7-15-9/h5-6,9H,2-4,7-8H2,1H3,(H,12,13,14). The van der Waals surface area contributed by atoms with Gasteiger partial charge in [-0.25, -0.2) is 9.97 Å². The summed E-state index contributed by atoms with van der Waals surface area (Å²) in [6.45, 7) is 3.83. The molecule has 0 saturated carbocycles. The Morgan fingerprint density at radius 1 is 1.60 bits per heavy atom. The second-order valence-electron chi connectivity index (χ2n) is 3.73. The first-order chi connectivity index (χ1) is 7.38. The van der Waals surface area contributed by atoms with Crippen LogP contribution in [-0.4, -0.2) is 29.2 Å². The smallest absolute Gasteiger partial charge is 0.133 e. The summed E-state index contributed by atoms with van der Waals surface area (Å²) in [5.41, 5.74) is 0. The summed E-state index contributed by atoms with van der Waals surface area (Å²) in [5, 5.41) is 3.18. The topological polar surface area (TPSA) is 47.0 Å². The van der Waals surface area contributed by atoms with E-state index < -0.39 is 0 Å². The van der Waals surface area contributed by atoms with Crippen molar-refractivity contribution < 1.29 is 4.74 Å². The fourth-order valence-corrected chi connectivity index (χ4v) is 1.79. The molecule has 0 amide bonds. The van der Waals surface area contributed by atoms with Crippen LogP contribution >= 0.6 is 0 Å². The van der Waals surface area contributed by atoms with Crippen molar-refractivity contribution in [3.05, 3.63) is 18.1 Å². The van der Waals surface area contributed by atoms with Crippen LogP contribution in [0, 0.1) is 0 Å². The molecule has 2 rings (SSSR count). The first-order valence-electron chi connectivity index (χ1n) is 5.56. The SMILES string of the molecule is CCNc1ccnc(CC2CCCO2)n1. The molecule has 4 nitrogen and oxygen atoms in total. The summed E-state index contributed by atoms with van der Waals surface area (Å²) < 4.78 is 5.56. The predicted octanol–water partition coefficient (Wildman–Crippen LogP) is 1.63. The highest BCUT2D eigenvalue weighted by molar-refractivity contribution is 5.32. The zero-order valence-corrected chi connectivity index (χ0v) is 9.07. The maximum atomic E-state index is 5.56. The zero-order chi connectivity index (χ0) is 10.5. The summed E-state index contributed by atoms with van der Waals surface area (Å²) in [6.07, 6.45) is 5.25. The van der Waals surface area contributed by atoms with Crippen LogP contribution in [0.25, 0.3) is 0 Å². The molecule has 1 N–H and O–H groups in total. The number of ether oxygens (including phenoxy) is 1. The molecule has 1 unspecified atom stereocenters. The Balaban J connectivity index is 1.97. The van der Waals surface area contributed by atoms with Crippen molar-refractivity contribution in [2.24, 2.45) is 0 Å². The Labute approximate surface area is 90.1 Å². The molecule has 2 heterocycles. The first kappa shape index (κ1) is 10.4. The minimum Gasteiger partial charge on any atom is -0.378 e. The maximum Gasteiger partial charge on any atom is 0.133 e. The molecule has 1 saturated heterocycles. The van der Waals surface area contributed by atoms with Gasteiger partial charge >= 0.3 is 0 Å². The van der Waals surface area contributed by atoms with Crippen molar-refractivity contribution in [2.75, 3.05) is 18.5 Å². The number of anilines is 1. The lowest BCUT2D eigenvalue weighted by Gasteiger charge is -2.08. The second-order valence-corrected chi connectivity index (χ2v) is 3.73. The predicted molar refractivity (Wildman–Crippen MR) is 58.9 cm³/mol. The van der Waals surface area contributed by atoms with Gasteiger partial charge in [0.2, 0.25) is 0 Å². The van der Waals surface area contributed by atoms with E-state index in [0.29, 0.717) is 6.10 Å². The molecule has 0 spiro atoms. The van der Waals surface area contributed by atoms with Crippen molar-refractivity contribution in [3.63, 3.8) is 0 Å². The number of nitrogens with zero attached hydrogens (tertiary/aromatic N) is 2. The highest BCUT2D eigenvalue weighted by atomic mass is 16.5. The molecule has 1 fully saturated rings. The van der Waals surface area contributed by atoms with E-state index in [1.54, 1.807) is 6.20 Å². The molecule has 1 aromatic rings. The van der Waals surface area contributed by atoms with E-state index in [0.717, 1.165) is 44.1 Å². The van der Waals surface area contributed by atoms with Crippen molar-refractivity contribution in [2.45, 2.75) is 32.3 Å². The maximum absolute atomic E-state index is 5.56. The third-order valence-corrected chi connectivity index (χ3v) is 2.50. The minimum absolute atomic E-state index is 0.321. The monoisotopic (exact) mass is 207 g/mol. The average molecular weight is 207 g/mol. The normalized spacial score (nSPS) is 20.5. The van der Waals surface area contributed by atoms with Crippen LogP contribution in [0.15, 0.2) is 12.3 Å². The Morgan fingerprint density at radius 2 is 2.53 bits per heavy atom. The van der Waals surface area contributed by atoms with Crippen LogP contribution in [-0.2, 0) is 11.2 Å². The largest absolute Gasteiger partial charge is 0.378 e. The van der Waals surface area contributed by atoms with Gasteiger partial charge in [0.1, 0.15) is 11.6 Å². The van der Waals surface area contributed by atoms with Gasteiger partial charge in [-0.2, -0.15) is 0 Å². The summed E-state index contributed by atoms with van der Waals surface area (Å²) in [7, 11) is 0. The lowest BCUT2D eigenvalue weighted by Crippen LogP contribution is -2.12. The molecule has 0 aliphatic carbocycles. The number of hydrogen-bond acceptors (Lipinski definition) is 4. The molecule has 0 aromatic carbocycles. The van der Waals surface area contributed by atoms with Gasteiger partial charge in [-0.3, -0.25) is 0 Å². The molecule has 0 bridgehead atoms. The summed E-state index contributed by atoms with van der Waals surface area (Å²) in [5.74, 6) is 1.78. The van der Waals surface area contributed by atoms with Crippen LogP contribution in [0.3, 0.4) is 0 Å². The van der Waals surface area contributed by atoms with Gasteiger partial charge in [-0.1, -0.05) is 0 Å². The summed E-state index contributed by atoms with van der Waals surface area (Å²) >= 11 is 0. The lowest BCUT2D eigenvalue weighted by molar-refractivity contribution is 0.110. The molecular weight excluding hydrogens is 190 g/mol. The Kier molecular flexibility index (Phi) is 3.50. The van der Waals surface area contributed by atoms with Gasteiger partial charge in [0.15, 0.2) is 0 Å². The highest BCUT2D eigenvalue weighted by Crippen LogP contribution is 2.15. The highest BCUT2D eigenvalue weighted by Gasteiger charge is 2.17. The third-order valence-electron chi connectivity index (χ3n) is 2.50. The van der Waals surface area contributed by atoms with E-state index in [9.17, 15) is 0 Å².